The molecule has 0 spiro atoms. The minimum atomic E-state index is -0.193. The van der Waals surface area contributed by atoms with E-state index in [1.165, 1.54) is 0 Å². The van der Waals surface area contributed by atoms with Gasteiger partial charge >= 0.3 is 6.08 Å². The van der Waals surface area contributed by atoms with Gasteiger partial charge in [-0.3, -0.25) is 4.52 Å². The third-order valence-electron chi connectivity index (χ3n) is 3.04. The summed E-state index contributed by atoms with van der Waals surface area (Å²) >= 11 is 0. The Labute approximate surface area is 127 Å². The molecule has 3 aromatic rings. The molecule has 7 heteroatoms. The Morgan fingerprint density at radius 2 is 2.05 bits per heavy atom. The van der Waals surface area contributed by atoms with Gasteiger partial charge in [-0.1, -0.05) is 25.9 Å². The van der Waals surface area contributed by atoms with Gasteiger partial charge in [0.05, 0.1) is 6.26 Å². The van der Waals surface area contributed by atoms with Gasteiger partial charge in [-0.25, -0.2) is 4.98 Å². The topological polar surface area (TPSA) is 87.3 Å². The van der Waals surface area contributed by atoms with Crippen molar-refractivity contribution >= 4 is 0 Å². The molecule has 7 nitrogen and oxygen atoms in total. The van der Waals surface area contributed by atoms with Crippen LogP contribution in [0.2, 0.25) is 0 Å². The highest BCUT2D eigenvalue weighted by Crippen LogP contribution is 2.24. The zero-order valence-electron chi connectivity index (χ0n) is 12.9. The van der Waals surface area contributed by atoms with E-state index in [0.29, 0.717) is 28.9 Å². The Hall–Kier alpha value is -2.57. The van der Waals surface area contributed by atoms with Crippen LogP contribution in [0.25, 0.3) is 11.7 Å². The van der Waals surface area contributed by atoms with E-state index in [0.717, 1.165) is 0 Å². The lowest BCUT2D eigenvalue weighted by Gasteiger charge is -2.10. The summed E-state index contributed by atoms with van der Waals surface area (Å²) in [5, 5.41) is 3.90. The summed E-state index contributed by atoms with van der Waals surface area (Å²) in [6, 6.07) is 3.56. The Balaban J connectivity index is 1.70. The van der Waals surface area contributed by atoms with Gasteiger partial charge in [-0.2, -0.15) is 4.98 Å². The molecule has 0 aliphatic heterocycles. The maximum atomic E-state index is 5.56. The quantitative estimate of drug-likeness (QED) is 0.728. The molecular formula is C15H17N3O4. The molecule has 3 rings (SSSR count). The fourth-order valence-corrected chi connectivity index (χ4v) is 1.77. The highest BCUT2D eigenvalue weighted by atomic mass is 16.6. The van der Waals surface area contributed by atoms with E-state index in [4.69, 9.17) is 18.1 Å². The van der Waals surface area contributed by atoms with Crippen LogP contribution in [-0.4, -0.2) is 15.1 Å². The lowest BCUT2D eigenvalue weighted by atomic mass is 9.96. The van der Waals surface area contributed by atoms with Gasteiger partial charge in [0, 0.05) is 5.41 Å². The van der Waals surface area contributed by atoms with Crippen molar-refractivity contribution in [2.45, 2.75) is 39.7 Å². The molecule has 22 heavy (non-hydrogen) atoms. The lowest BCUT2D eigenvalue weighted by molar-refractivity contribution is 0.191. The van der Waals surface area contributed by atoms with E-state index in [-0.39, 0.29) is 18.1 Å². The first-order valence-corrected chi connectivity index (χ1v) is 6.90. The number of aromatic nitrogens is 3. The first-order chi connectivity index (χ1) is 10.4. The number of rotatable bonds is 4. The van der Waals surface area contributed by atoms with Crippen LogP contribution < -0.4 is 4.74 Å². The Bertz CT molecular complexity index is 750. The van der Waals surface area contributed by atoms with Crippen LogP contribution in [0.1, 0.15) is 38.0 Å². The van der Waals surface area contributed by atoms with Crippen molar-refractivity contribution < 1.29 is 18.1 Å². The van der Waals surface area contributed by atoms with Crippen molar-refractivity contribution in [2.75, 3.05) is 0 Å². The zero-order valence-corrected chi connectivity index (χ0v) is 12.9. The molecule has 0 bridgehead atoms. The van der Waals surface area contributed by atoms with Gasteiger partial charge in [0.15, 0.2) is 11.6 Å². The molecule has 0 aromatic carbocycles. The SMILES string of the molecule is Cc1oc(-c2ccco2)nc1COc1nc(C(C)(C)C)no1. The largest absolute Gasteiger partial charge is 0.459 e. The molecule has 0 aliphatic rings. The second kappa shape index (κ2) is 5.32. The Kier molecular flexibility index (Phi) is 3.48. The minimum absolute atomic E-state index is 0.117. The van der Waals surface area contributed by atoms with Crippen LogP contribution >= 0.6 is 0 Å². The average Bonchev–Trinajstić information content (AvgIpc) is 3.16. The smallest absolute Gasteiger partial charge is 0.417 e. The number of oxazole rings is 1. The van der Waals surface area contributed by atoms with E-state index in [1.807, 2.05) is 27.7 Å². The first kappa shape index (κ1) is 14.4. The Morgan fingerprint density at radius 3 is 2.68 bits per heavy atom. The van der Waals surface area contributed by atoms with Gasteiger partial charge in [0.1, 0.15) is 18.1 Å². The first-order valence-electron chi connectivity index (χ1n) is 6.90. The van der Waals surface area contributed by atoms with Crippen molar-refractivity contribution in [3.63, 3.8) is 0 Å². The van der Waals surface area contributed by atoms with Crippen molar-refractivity contribution in [1.82, 2.24) is 15.1 Å². The highest BCUT2D eigenvalue weighted by molar-refractivity contribution is 5.44. The van der Waals surface area contributed by atoms with Gasteiger partial charge in [0.2, 0.25) is 0 Å². The fourth-order valence-electron chi connectivity index (χ4n) is 1.77. The number of furan rings is 1. The molecule has 0 unspecified atom stereocenters. The number of hydrogen-bond acceptors (Lipinski definition) is 7. The standard InChI is InChI=1S/C15H17N3O4/c1-9-10(16-12(21-9)11-6-5-7-19-11)8-20-14-17-13(18-22-14)15(2,3)4/h5-7H,8H2,1-4H3. The summed E-state index contributed by atoms with van der Waals surface area (Å²) in [7, 11) is 0. The second-order valence-electron chi connectivity index (χ2n) is 5.92. The van der Waals surface area contributed by atoms with Crippen LogP contribution in [0.3, 0.4) is 0 Å². The molecule has 0 N–H and O–H groups in total. The lowest BCUT2D eigenvalue weighted by Crippen LogP contribution is -2.13. The number of hydrogen-bond donors (Lipinski definition) is 0. The van der Waals surface area contributed by atoms with Crippen LogP contribution in [0.15, 0.2) is 31.8 Å². The van der Waals surface area contributed by atoms with Crippen LogP contribution in [-0.2, 0) is 12.0 Å². The number of aryl methyl sites for hydroxylation is 1. The molecule has 0 radical (unpaired) electrons. The van der Waals surface area contributed by atoms with Crippen LogP contribution in [0.5, 0.6) is 6.08 Å². The highest BCUT2D eigenvalue weighted by Gasteiger charge is 2.22. The number of nitrogens with zero attached hydrogens (tertiary/aromatic N) is 3. The summed E-state index contributed by atoms with van der Waals surface area (Å²) in [4.78, 5) is 8.55. The maximum absolute atomic E-state index is 5.56. The molecule has 116 valence electrons. The molecule has 0 aliphatic carbocycles. The van der Waals surface area contributed by atoms with E-state index in [9.17, 15) is 0 Å². The van der Waals surface area contributed by atoms with Gasteiger partial charge in [-0.05, 0) is 19.1 Å². The third kappa shape index (κ3) is 2.88. The second-order valence-corrected chi connectivity index (χ2v) is 5.92. The summed E-state index contributed by atoms with van der Waals surface area (Å²) < 4.78 is 21.4. The Morgan fingerprint density at radius 1 is 1.23 bits per heavy atom. The molecule has 0 saturated carbocycles. The van der Waals surface area contributed by atoms with Crippen molar-refractivity contribution in [1.29, 1.82) is 0 Å². The third-order valence-corrected chi connectivity index (χ3v) is 3.04. The van der Waals surface area contributed by atoms with Crippen LogP contribution in [0.4, 0.5) is 0 Å². The predicted molar refractivity (Wildman–Crippen MR) is 76.3 cm³/mol. The predicted octanol–water partition coefficient (Wildman–Crippen LogP) is 3.50. The molecule has 3 aromatic heterocycles. The molecule has 0 amide bonds. The minimum Gasteiger partial charge on any atom is -0.459 e. The molecular weight excluding hydrogens is 286 g/mol. The number of ether oxygens (including phenoxy) is 1. The molecule has 3 heterocycles. The molecule has 0 atom stereocenters. The summed E-state index contributed by atoms with van der Waals surface area (Å²) in [6.07, 6.45) is 1.68. The normalized spacial score (nSPS) is 11.8. The van der Waals surface area contributed by atoms with Crippen molar-refractivity contribution in [3.05, 3.63) is 35.7 Å². The summed E-state index contributed by atoms with van der Waals surface area (Å²) in [5.74, 6) is 2.24. The van der Waals surface area contributed by atoms with Gasteiger partial charge < -0.3 is 13.6 Å². The summed E-state index contributed by atoms with van der Waals surface area (Å²) in [5.41, 5.74) is 0.461. The van der Waals surface area contributed by atoms with E-state index in [2.05, 4.69) is 15.1 Å². The van der Waals surface area contributed by atoms with Crippen molar-refractivity contribution in [3.8, 4) is 17.7 Å². The van der Waals surface area contributed by atoms with E-state index >= 15 is 0 Å². The van der Waals surface area contributed by atoms with Crippen molar-refractivity contribution in [2.24, 2.45) is 0 Å². The monoisotopic (exact) mass is 303 g/mol. The van der Waals surface area contributed by atoms with Gasteiger partial charge in [-0.15, -0.1) is 0 Å². The fraction of sp³-hybridized carbons (Fsp3) is 0.400. The zero-order chi connectivity index (χ0) is 15.7. The van der Waals surface area contributed by atoms with Crippen LogP contribution in [0, 0.1) is 6.92 Å². The van der Waals surface area contributed by atoms with E-state index < -0.39 is 0 Å². The van der Waals surface area contributed by atoms with Gasteiger partial charge in [0.25, 0.3) is 5.89 Å². The maximum Gasteiger partial charge on any atom is 0.417 e. The summed E-state index contributed by atoms with van der Waals surface area (Å²) in [6.45, 7) is 7.99. The molecule has 0 fully saturated rings. The van der Waals surface area contributed by atoms with E-state index in [1.54, 1.807) is 18.4 Å². The average molecular weight is 303 g/mol. The molecule has 0 saturated heterocycles.